The van der Waals surface area contributed by atoms with Crippen molar-refractivity contribution >= 4 is 71.4 Å². The molecule has 0 saturated heterocycles. The number of halogens is 2. The van der Waals surface area contributed by atoms with E-state index in [4.69, 9.17) is 10.2 Å². The summed E-state index contributed by atoms with van der Waals surface area (Å²) < 4.78 is 70.0. The number of sulfonamides is 2. The molecule has 0 saturated carbocycles. The van der Waals surface area contributed by atoms with E-state index >= 15 is 0 Å². The number of nitrogens with one attached hydrogen (secondary N) is 1. The zero-order chi connectivity index (χ0) is 26.8. The Morgan fingerprint density at radius 3 is 2.33 bits per heavy atom. The molecule has 0 atom stereocenters. The van der Waals surface area contributed by atoms with Gasteiger partial charge in [-0.25, -0.2) is 21.2 Å². The molecule has 3 rings (SSSR count). The van der Waals surface area contributed by atoms with Crippen molar-refractivity contribution in [1.29, 1.82) is 0 Å². The molecule has 11 nitrogen and oxygen atoms in total. The third kappa shape index (κ3) is 6.50. The lowest BCUT2D eigenvalue weighted by Gasteiger charge is -2.23. The molecule has 0 aliphatic heterocycles. The quantitative estimate of drug-likeness (QED) is 0.248. The van der Waals surface area contributed by atoms with E-state index in [1.807, 2.05) is 27.3 Å². The number of carbonyl (C=O) groups excluding carboxylic acids is 2. The molecule has 0 unspecified atom stereocenters. The van der Waals surface area contributed by atoms with Gasteiger partial charge in [0, 0.05) is 28.5 Å². The predicted molar refractivity (Wildman–Crippen MR) is 140 cm³/mol. The zero-order valence-electron chi connectivity index (χ0n) is 19.1. The smallest absolute Gasteiger partial charge is 0.253 e. The van der Waals surface area contributed by atoms with Crippen molar-refractivity contribution in [3.63, 3.8) is 0 Å². The predicted octanol–water partition coefficient (Wildman–Crippen LogP) is 2.29. The number of fused-ring (bicyclic) bond motifs is 1. The minimum atomic E-state index is -3.89. The maximum Gasteiger partial charge on any atom is 0.253 e. The first kappa shape index (κ1) is 27.8. The minimum absolute atomic E-state index is 0.000344. The number of pyridine rings is 1. The van der Waals surface area contributed by atoms with Gasteiger partial charge in [0.25, 0.3) is 5.91 Å². The van der Waals surface area contributed by atoms with Gasteiger partial charge in [0.15, 0.2) is 0 Å². The molecule has 0 spiro atoms. The van der Waals surface area contributed by atoms with Crippen LogP contribution in [0.3, 0.4) is 0 Å². The first-order chi connectivity index (χ1) is 16.7. The highest BCUT2D eigenvalue weighted by molar-refractivity contribution is 14.1. The summed E-state index contributed by atoms with van der Waals surface area (Å²) in [5.74, 6) is -1.98. The van der Waals surface area contributed by atoms with Crippen LogP contribution < -0.4 is 14.8 Å². The van der Waals surface area contributed by atoms with Gasteiger partial charge in [-0.05, 0) is 36.8 Å². The number of alkyl halides is 1. The highest BCUT2D eigenvalue weighted by Gasteiger charge is 2.27. The number of carbonyl (C=O) groups is 2. The number of hydrogen-bond acceptors (Lipinski definition) is 8. The van der Waals surface area contributed by atoms with Crippen molar-refractivity contribution in [2.75, 3.05) is 23.4 Å². The second kappa shape index (κ2) is 10.7. The average Bonchev–Trinajstić information content (AvgIpc) is 3.12. The number of aromatic nitrogens is 1. The second-order valence-corrected chi connectivity index (χ2v) is 12.3. The van der Waals surface area contributed by atoms with Crippen molar-refractivity contribution < 1.29 is 35.2 Å². The highest BCUT2D eigenvalue weighted by atomic mass is 127. The monoisotopic (exact) mass is 652 g/mol. The van der Waals surface area contributed by atoms with Crippen LogP contribution in [-0.4, -0.2) is 52.7 Å². The summed E-state index contributed by atoms with van der Waals surface area (Å²) in [6.07, 6.45) is 1.55. The lowest BCUT2D eigenvalue weighted by atomic mass is 10.0. The largest absolute Gasteiger partial charge is 0.437 e. The van der Waals surface area contributed by atoms with Gasteiger partial charge in [0.1, 0.15) is 17.4 Å². The van der Waals surface area contributed by atoms with Crippen molar-refractivity contribution in [1.82, 2.24) is 9.71 Å². The topological polar surface area (TPSA) is 170 Å². The van der Waals surface area contributed by atoms with Crippen LogP contribution in [0.25, 0.3) is 22.4 Å². The second-order valence-electron chi connectivity index (χ2n) is 7.87. The molecule has 15 heteroatoms. The Labute approximate surface area is 220 Å². The average molecular weight is 652 g/mol. The lowest BCUT2D eigenvalue weighted by Crippen LogP contribution is -2.34. The molecule has 1 aromatic carbocycles. The molecular weight excluding hydrogens is 630 g/mol. The first-order valence-electron chi connectivity index (χ1n) is 10.3. The summed E-state index contributed by atoms with van der Waals surface area (Å²) in [5.41, 5.74) is 6.38. The van der Waals surface area contributed by atoms with Gasteiger partial charge < -0.3 is 10.2 Å². The fourth-order valence-electron chi connectivity index (χ4n) is 3.49. The highest BCUT2D eigenvalue weighted by Crippen LogP contribution is 2.36. The zero-order valence-corrected chi connectivity index (χ0v) is 22.9. The maximum absolute atomic E-state index is 13.4. The van der Waals surface area contributed by atoms with Gasteiger partial charge in [-0.2, -0.15) is 4.98 Å². The van der Waals surface area contributed by atoms with E-state index in [-0.39, 0.29) is 47.6 Å². The maximum atomic E-state index is 13.4. The van der Waals surface area contributed by atoms with Crippen molar-refractivity contribution in [3.8, 4) is 11.3 Å². The molecular formula is C21H22FIN4O7S2. The molecule has 0 bridgehead atoms. The van der Waals surface area contributed by atoms with Crippen LogP contribution in [0.4, 0.5) is 10.2 Å². The van der Waals surface area contributed by atoms with Gasteiger partial charge >= 0.3 is 0 Å². The summed E-state index contributed by atoms with van der Waals surface area (Å²) in [6.45, 7) is -0.174. The number of nitrogens with zero attached hydrogens (tertiary/aromatic N) is 2. The van der Waals surface area contributed by atoms with Crippen LogP contribution in [-0.2, 0) is 29.3 Å². The van der Waals surface area contributed by atoms with Crippen molar-refractivity contribution in [2.45, 2.75) is 17.3 Å². The van der Waals surface area contributed by atoms with E-state index in [9.17, 15) is 30.8 Å². The number of amides is 2. The summed E-state index contributed by atoms with van der Waals surface area (Å²) in [4.78, 5) is 28.5. The van der Waals surface area contributed by atoms with Gasteiger partial charge in [-0.1, -0.05) is 22.6 Å². The van der Waals surface area contributed by atoms with Crippen LogP contribution in [0.15, 0.2) is 34.7 Å². The van der Waals surface area contributed by atoms with E-state index in [1.54, 1.807) is 6.07 Å². The van der Waals surface area contributed by atoms with E-state index in [0.29, 0.717) is 15.6 Å². The SMILES string of the molecule is CS(=O)(=O)NC(=O)CCCN(c1nc2oc(-c3ccc(F)cc3)c(C(N)=O)c2cc1CI)S(C)(=O)=O. The van der Waals surface area contributed by atoms with E-state index in [0.717, 1.165) is 16.8 Å². The van der Waals surface area contributed by atoms with Crippen LogP contribution in [0, 0.1) is 5.82 Å². The number of benzene rings is 1. The molecule has 0 aliphatic rings. The summed E-state index contributed by atoms with van der Waals surface area (Å²) in [5, 5.41) is 0.262. The molecule has 194 valence electrons. The molecule has 3 aromatic rings. The van der Waals surface area contributed by atoms with Gasteiger partial charge in [-0.15, -0.1) is 0 Å². The number of rotatable bonds is 10. The fourth-order valence-corrected chi connectivity index (χ4v) is 5.50. The first-order valence-corrected chi connectivity index (χ1v) is 15.5. The molecule has 0 aliphatic carbocycles. The Morgan fingerprint density at radius 1 is 1.17 bits per heavy atom. The Balaban J connectivity index is 2.07. The number of anilines is 1. The summed E-state index contributed by atoms with van der Waals surface area (Å²) in [7, 11) is -7.63. The Morgan fingerprint density at radius 2 is 1.81 bits per heavy atom. The van der Waals surface area contributed by atoms with Gasteiger partial charge in [0.05, 0.1) is 23.5 Å². The van der Waals surface area contributed by atoms with E-state index in [2.05, 4.69) is 4.98 Å². The van der Waals surface area contributed by atoms with Crippen molar-refractivity contribution in [3.05, 3.63) is 47.3 Å². The van der Waals surface area contributed by atoms with Crippen LogP contribution in [0.1, 0.15) is 28.8 Å². The fraction of sp³-hybridized carbons (Fsp3) is 0.286. The van der Waals surface area contributed by atoms with E-state index in [1.165, 1.54) is 24.3 Å². The number of nitrogens with two attached hydrogens (primary N) is 1. The molecule has 2 aromatic heterocycles. The summed E-state index contributed by atoms with van der Waals surface area (Å²) >= 11 is 2.01. The molecule has 36 heavy (non-hydrogen) atoms. The summed E-state index contributed by atoms with van der Waals surface area (Å²) in [6, 6.07) is 6.74. The van der Waals surface area contributed by atoms with Crippen LogP contribution >= 0.6 is 22.6 Å². The lowest BCUT2D eigenvalue weighted by molar-refractivity contribution is -0.119. The third-order valence-electron chi connectivity index (χ3n) is 4.94. The Bertz CT molecular complexity index is 1540. The van der Waals surface area contributed by atoms with Crippen LogP contribution in [0.5, 0.6) is 0 Å². The van der Waals surface area contributed by atoms with Crippen molar-refractivity contribution in [2.24, 2.45) is 5.73 Å². The standard InChI is InChI=1S/C21H22FIN4O7S2/c1-35(30,31)26-16(28)4-3-9-27(36(2,32)33)20-13(11-23)10-15-17(19(24)29)18(34-21(15)25-20)12-5-7-14(22)8-6-12/h5-8,10H,3-4,9,11H2,1-2H3,(H2,24,29)(H,26,28). The van der Waals surface area contributed by atoms with Gasteiger partial charge in [-0.3, -0.25) is 18.6 Å². The van der Waals surface area contributed by atoms with Crippen LogP contribution in [0.2, 0.25) is 0 Å². The Kier molecular flexibility index (Phi) is 8.24. The minimum Gasteiger partial charge on any atom is -0.437 e. The molecule has 3 N–H and O–H groups in total. The number of hydrogen-bond donors (Lipinski definition) is 2. The number of furan rings is 1. The van der Waals surface area contributed by atoms with Gasteiger partial charge in [0.2, 0.25) is 31.7 Å². The molecule has 2 amide bonds. The molecule has 2 heterocycles. The molecule has 0 radical (unpaired) electrons. The van der Waals surface area contributed by atoms with E-state index < -0.39 is 37.7 Å². The normalized spacial score (nSPS) is 12.0. The Hall–Kier alpha value is -2.79. The number of primary amides is 1. The molecule has 0 fully saturated rings. The third-order valence-corrected chi connectivity index (χ3v) is 7.51.